The monoisotopic (exact) mass is 350 g/mol. The number of piperazine rings is 1. The highest BCUT2D eigenvalue weighted by Crippen LogP contribution is 2.23. The van der Waals surface area contributed by atoms with Gasteiger partial charge in [0.05, 0.1) is 16.9 Å². The highest BCUT2D eigenvalue weighted by atomic mass is 16.3. The fraction of sp³-hybridized carbons (Fsp3) is 0.300. The van der Waals surface area contributed by atoms with Crippen molar-refractivity contribution >= 4 is 16.6 Å². The van der Waals surface area contributed by atoms with Crippen molar-refractivity contribution in [2.75, 3.05) is 31.1 Å². The van der Waals surface area contributed by atoms with E-state index in [4.69, 9.17) is 0 Å². The fourth-order valence-corrected chi connectivity index (χ4v) is 3.51. The number of aromatic hydroxyl groups is 1. The lowest BCUT2D eigenvalue weighted by Crippen LogP contribution is -2.47. The predicted octanol–water partition coefficient (Wildman–Crippen LogP) is 2.51. The van der Waals surface area contributed by atoms with Crippen molar-refractivity contribution in [1.29, 1.82) is 0 Å². The Hall–Kier alpha value is -2.86. The van der Waals surface area contributed by atoms with E-state index in [-0.39, 0.29) is 17.4 Å². The average molecular weight is 350 g/mol. The molecular formula is C20H22N4O2. The van der Waals surface area contributed by atoms with E-state index in [2.05, 4.69) is 26.7 Å². The van der Waals surface area contributed by atoms with E-state index in [1.54, 1.807) is 18.2 Å². The summed E-state index contributed by atoms with van der Waals surface area (Å²) in [6, 6.07) is 14.8. The zero-order valence-electron chi connectivity index (χ0n) is 14.7. The van der Waals surface area contributed by atoms with E-state index in [9.17, 15) is 9.90 Å². The number of H-pyrrole nitrogens is 1. The first-order chi connectivity index (χ1) is 12.6. The van der Waals surface area contributed by atoms with Gasteiger partial charge in [0.15, 0.2) is 0 Å². The molecule has 0 unspecified atom stereocenters. The quantitative estimate of drug-likeness (QED) is 0.759. The lowest BCUT2D eigenvalue weighted by atomic mass is 10.2. The van der Waals surface area contributed by atoms with Crippen molar-refractivity contribution < 1.29 is 5.11 Å². The highest BCUT2D eigenvalue weighted by Gasteiger charge is 2.24. The standard InChI is InChI=1S/C20H22N4O2/c1-14(19-21-18-5-3-2-4-17(18)20(26)22-19)23-10-12-24(13-11-23)15-6-8-16(25)9-7-15/h2-9,14,25H,10-13H2,1H3,(H,21,22,26)/t14-/m1/s1. The van der Waals surface area contributed by atoms with Gasteiger partial charge in [-0.25, -0.2) is 4.98 Å². The van der Waals surface area contributed by atoms with Crippen LogP contribution in [0, 0.1) is 0 Å². The number of benzene rings is 2. The smallest absolute Gasteiger partial charge is 0.258 e. The number of hydrogen-bond acceptors (Lipinski definition) is 5. The Labute approximate surface area is 151 Å². The summed E-state index contributed by atoms with van der Waals surface area (Å²) in [6.07, 6.45) is 0. The minimum Gasteiger partial charge on any atom is -0.508 e. The Kier molecular flexibility index (Phi) is 4.34. The van der Waals surface area contributed by atoms with Crippen molar-refractivity contribution in [1.82, 2.24) is 14.9 Å². The van der Waals surface area contributed by atoms with Crippen LogP contribution in [0.5, 0.6) is 5.75 Å². The number of anilines is 1. The van der Waals surface area contributed by atoms with Crippen molar-refractivity contribution in [3.05, 3.63) is 64.7 Å². The average Bonchev–Trinajstić information content (AvgIpc) is 2.68. The second-order valence-electron chi connectivity index (χ2n) is 6.68. The maximum absolute atomic E-state index is 12.3. The minimum atomic E-state index is -0.0832. The molecule has 6 nitrogen and oxygen atoms in total. The molecule has 0 bridgehead atoms. The van der Waals surface area contributed by atoms with Crippen LogP contribution in [0.3, 0.4) is 0 Å². The predicted molar refractivity (Wildman–Crippen MR) is 103 cm³/mol. The van der Waals surface area contributed by atoms with Crippen LogP contribution in [0.4, 0.5) is 5.69 Å². The second kappa shape index (κ2) is 6.80. The zero-order chi connectivity index (χ0) is 18.1. The molecule has 3 aromatic rings. The molecule has 134 valence electrons. The first-order valence-electron chi connectivity index (χ1n) is 8.89. The number of hydrogen-bond donors (Lipinski definition) is 2. The SMILES string of the molecule is C[C@H](c1nc2ccccc2c(=O)[nH]1)N1CCN(c2ccc(O)cc2)CC1. The number of phenolic OH excluding ortho intramolecular Hbond substituents is 1. The van der Waals surface area contributed by atoms with Crippen molar-refractivity contribution in [3.8, 4) is 5.75 Å². The molecule has 1 aliphatic heterocycles. The van der Waals surface area contributed by atoms with Gasteiger partial charge in [0.2, 0.25) is 0 Å². The zero-order valence-corrected chi connectivity index (χ0v) is 14.7. The second-order valence-corrected chi connectivity index (χ2v) is 6.68. The number of aromatic nitrogens is 2. The number of rotatable bonds is 3. The van der Waals surface area contributed by atoms with Gasteiger partial charge in [-0.15, -0.1) is 0 Å². The van der Waals surface area contributed by atoms with E-state index in [0.717, 1.165) is 37.4 Å². The molecule has 4 rings (SSSR count). The van der Waals surface area contributed by atoms with Crippen LogP contribution in [0.2, 0.25) is 0 Å². The summed E-state index contributed by atoms with van der Waals surface area (Å²) < 4.78 is 0. The number of para-hydroxylation sites is 1. The third kappa shape index (κ3) is 3.15. The Morgan fingerprint density at radius 1 is 1.04 bits per heavy atom. The highest BCUT2D eigenvalue weighted by molar-refractivity contribution is 5.77. The summed E-state index contributed by atoms with van der Waals surface area (Å²) in [4.78, 5) is 24.6. The molecule has 0 amide bonds. The van der Waals surface area contributed by atoms with Crippen molar-refractivity contribution in [2.45, 2.75) is 13.0 Å². The molecule has 0 saturated carbocycles. The lowest BCUT2D eigenvalue weighted by molar-refractivity contribution is 0.192. The van der Waals surface area contributed by atoms with E-state index >= 15 is 0 Å². The molecule has 26 heavy (non-hydrogen) atoms. The summed E-state index contributed by atoms with van der Waals surface area (Å²) in [7, 11) is 0. The van der Waals surface area contributed by atoms with E-state index in [1.165, 1.54) is 0 Å². The van der Waals surface area contributed by atoms with Gasteiger partial charge in [-0.05, 0) is 43.3 Å². The summed E-state index contributed by atoms with van der Waals surface area (Å²) in [6.45, 7) is 5.65. The molecule has 1 aliphatic rings. The Morgan fingerprint density at radius 3 is 2.46 bits per heavy atom. The minimum absolute atomic E-state index is 0.0503. The molecule has 2 aromatic carbocycles. The Bertz CT molecular complexity index is 959. The molecule has 1 aromatic heterocycles. The first kappa shape index (κ1) is 16.6. The third-order valence-electron chi connectivity index (χ3n) is 5.10. The van der Waals surface area contributed by atoms with Crippen LogP contribution in [0.1, 0.15) is 18.8 Å². The molecule has 1 fully saturated rings. The van der Waals surface area contributed by atoms with E-state index in [0.29, 0.717) is 11.2 Å². The van der Waals surface area contributed by atoms with E-state index < -0.39 is 0 Å². The van der Waals surface area contributed by atoms with Gasteiger partial charge < -0.3 is 15.0 Å². The molecule has 0 radical (unpaired) electrons. The van der Waals surface area contributed by atoms with Crippen LogP contribution in [-0.4, -0.2) is 46.2 Å². The van der Waals surface area contributed by atoms with Gasteiger partial charge in [0.25, 0.3) is 5.56 Å². The Morgan fingerprint density at radius 2 is 1.73 bits per heavy atom. The van der Waals surface area contributed by atoms with Crippen LogP contribution >= 0.6 is 0 Å². The number of nitrogens with zero attached hydrogens (tertiary/aromatic N) is 3. The normalized spacial score (nSPS) is 16.7. The number of phenols is 1. The molecule has 0 spiro atoms. The molecule has 1 saturated heterocycles. The lowest BCUT2D eigenvalue weighted by Gasteiger charge is -2.38. The van der Waals surface area contributed by atoms with Gasteiger partial charge in [0.1, 0.15) is 11.6 Å². The summed E-state index contributed by atoms with van der Waals surface area (Å²) in [5, 5.41) is 10.1. The van der Waals surface area contributed by atoms with Crippen LogP contribution in [0.25, 0.3) is 10.9 Å². The number of aromatic amines is 1. The van der Waals surface area contributed by atoms with Gasteiger partial charge in [0, 0.05) is 31.9 Å². The largest absolute Gasteiger partial charge is 0.508 e. The van der Waals surface area contributed by atoms with Crippen molar-refractivity contribution in [3.63, 3.8) is 0 Å². The van der Waals surface area contributed by atoms with Gasteiger partial charge >= 0.3 is 0 Å². The molecule has 2 heterocycles. The summed E-state index contributed by atoms with van der Waals surface area (Å²) >= 11 is 0. The maximum Gasteiger partial charge on any atom is 0.258 e. The number of nitrogens with one attached hydrogen (secondary N) is 1. The van der Waals surface area contributed by atoms with Crippen LogP contribution < -0.4 is 10.5 Å². The summed E-state index contributed by atoms with van der Waals surface area (Å²) in [5.41, 5.74) is 1.77. The molecular weight excluding hydrogens is 328 g/mol. The van der Waals surface area contributed by atoms with Gasteiger partial charge in [-0.2, -0.15) is 0 Å². The van der Waals surface area contributed by atoms with Crippen LogP contribution in [0.15, 0.2) is 53.3 Å². The Balaban J connectivity index is 1.49. The summed E-state index contributed by atoms with van der Waals surface area (Å²) in [5.74, 6) is 0.999. The molecule has 0 aliphatic carbocycles. The fourth-order valence-electron chi connectivity index (χ4n) is 3.51. The molecule has 6 heteroatoms. The number of fused-ring (bicyclic) bond motifs is 1. The van der Waals surface area contributed by atoms with Crippen LogP contribution in [-0.2, 0) is 0 Å². The topological polar surface area (TPSA) is 72.5 Å². The first-order valence-corrected chi connectivity index (χ1v) is 8.89. The molecule has 2 N–H and O–H groups in total. The molecule has 1 atom stereocenters. The van der Waals surface area contributed by atoms with E-state index in [1.807, 2.05) is 30.3 Å². The van der Waals surface area contributed by atoms with Crippen molar-refractivity contribution in [2.24, 2.45) is 0 Å². The third-order valence-corrected chi connectivity index (χ3v) is 5.10. The van der Waals surface area contributed by atoms with Gasteiger partial charge in [-0.3, -0.25) is 9.69 Å². The van der Waals surface area contributed by atoms with Gasteiger partial charge in [-0.1, -0.05) is 12.1 Å². The maximum atomic E-state index is 12.3.